The molecule has 0 N–H and O–H groups in total. The van der Waals surface area contributed by atoms with E-state index in [1.165, 1.54) is 12.8 Å². The molecule has 1 aliphatic heterocycles. The van der Waals surface area contributed by atoms with Gasteiger partial charge in [0.05, 0.1) is 0 Å². The highest BCUT2D eigenvalue weighted by Gasteiger charge is 2.19. The minimum atomic E-state index is 0.0908. The van der Waals surface area contributed by atoms with Crippen molar-refractivity contribution in [3.05, 3.63) is 28.5 Å². The maximum absolute atomic E-state index is 12.5. The molecule has 1 saturated heterocycles. The lowest BCUT2D eigenvalue weighted by Crippen LogP contribution is -2.32. The normalized spacial score (nSPS) is 16.5. The lowest BCUT2D eigenvalue weighted by molar-refractivity contribution is 0.0761. The fourth-order valence-electron chi connectivity index (χ4n) is 2.39. The minimum Gasteiger partial charge on any atom is -0.339 e. The molecule has 4 heteroatoms. The molecule has 1 amide bonds. The minimum absolute atomic E-state index is 0.0908. The molecule has 0 saturated carbocycles. The molecule has 0 unspecified atom stereocenters. The van der Waals surface area contributed by atoms with E-state index in [1.807, 2.05) is 11.0 Å². The van der Waals surface area contributed by atoms with E-state index in [1.54, 1.807) is 6.07 Å². The number of likely N-dealkylation sites (tertiary alicyclic amines) is 1. The van der Waals surface area contributed by atoms with Crippen molar-refractivity contribution in [3.8, 4) is 0 Å². The molecular weight excluding hydrogens is 260 g/mol. The molecule has 2 heterocycles. The standard InChI is InChI=1S/C15H21ClN2O/c1-11(2)13-9-12(10-14(16)17-13)15(19)18-7-5-3-4-6-8-18/h9-11H,3-8H2,1-2H3. The van der Waals surface area contributed by atoms with E-state index in [2.05, 4.69) is 18.8 Å². The van der Waals surface area contributed by atoms with Crippen LogP contribution in [0.4, 0.5) is 0 Å². The van der Waals surface area contributed by atoms with Crippen molar-refractivity contribution >= 4 is 17.5 Å². The Bertz CT molecular complexity index is 451. The second-order valence-electron chi connectivity index (χ2n) is 5.46. The van der Waals surface area contributed by atoms with Crippen molar-refractivity contribution in [1.29, 1.82) is 0 Å². The van der Waals surface area contributed by atoms with Crippen molar-refractivity contribution in [1.82, 2.24) is 9.88 Å². The Morgan fingerprint density at radius 3 is 2.42 bits per heavy atom. The highest BCUT2D eigenvalue weighted by molar-refractivity contribution is 6.29. The van der Waals surface area contributed by atoms with Gasteiger partial charge >= 0.3 is 0 Å². The number of hydrogen-bond acceptors (Lipinski definition) is 2. The Morgan fingerprint density at radius 2 is 1.84 bits per heavy atom. The van der Waals surface area contributed by atoms with Gasteiger partial charge in [-0.05, 0) is 30.9 Å². The first kappa shape index (κ1) is 14.3. The van der Waals surface area contributed by atoms with Gasteiger partial charge in [0.15, 0.2) is 0 Å². The number of amides is 1. The molecule has 0 atom stereocenters. The second kappa shape index (κ2) is 6.38. The van der Waals surface area contributed by atoms with Crippen LogP contribution in [0.25, 0.3) is 0 Å². The van der Waals surface area contributed by atoms with Crippen molar-refractivity contribution in [2.45, 2.75) is 45.4 Å². The van der Waals surface area contributed by atoms with E-state index >= 15 is 0 Å². The molecule has 104 valence electrons. The van der Waals surface area contributed by atoms with Crippen LogP contribution in [-0.2, 0) is 0 Å². The number of aromatic nitrogens is 1. The summed E-state index contributed by atoms with van der Waals surface area (Å²) in [6.45, 7) is 5.82. The van der Waals surface area contributed by atoms with E-state index in [0.29, 0.717) is 10.7 Å². The van der Waals surface area contributed by atoms with Gasteiger partial charge in [-0.2, -0.15) is 0 Å². The average Bonchev–Trinajstić information content (AvgIpc) is 2.65. The Kier molecular flexibility index (Phi) is 4.81. The first-order valence-electron chi connectivity index (χ1n) is 7.04. The molecule has 0 spiro atoms. The summed E-state index contributed by atoms with van der Waals surface area (Å²) in [5.74, 6) is 0.363. The molecule has 2 rings (SSSR count). The topological polar surface area (TPSA) is 33.2 Å². The van der Waals surface area contributed by atoms with Gasteiger partial charge in [0.2, 0.25) is 0 Å². The van der Waals surface area contributed by atoms with Crippen LogP contribution >= 0.6 is 11.6 Å². The molecule has 1 aliphatic rings. The number of pyridine rings is 1. The molecular formula is C15H21ClN2O. The van der Waals surface area contributed by atoms with Crippen LogP contribution in [0.2, 0.25) is 5.15 Å². The number of carbonyl (C=O) groups excluding carboxylic acids is 1. The van der Waals surface area contributed by atoms with Crippen LogP contribution < -0.4 is 0 Å². The number of nitrogens with zero attached hydrogens (tertiary/aromatic N) is 2. The number of halogens is 1. The Labute approximate surface area is 120 Å². The SMILES string of the molecule is CC(C)c1cc(C(=O)N2CCCCCC2)cc(Cl)n1. The number of rotatable bonds is 2. The van der Waals surface area contributed by atoms with Gasteiger partial charge in [0.1, 0.15) is 5.15 Å². The van der Waals surface area contributed by atoms with Crippen LogP contribution in [-0.4, -0.2) is 28.9 Å². The van der Waals surface area contributed by atoms with Gasteiger partial charge in [0, 0.05) is 24.3 Å². The summed E-state index contributed by atoms with van der Waals surface area (Å²) >= 11 is 6.03. The Hall–Kier alpha value is -1.09. The van der Waals surface area contributed by atoms with Gasteiger partial charge in [-0.15, -0.1) is 0 Å². The smallest absolute Gasteiger partial charge is 0.254 e. The molecule has 0 radical (unpaired) electrons. The van der Waals surface area contributed by atoms with Crippen LogP contribution in [0.15, 0.2) is 12.1 Å². The quantitative estimate of drug-likeness (QED) is 0.771. The predicted molar refractivity (Wildman–Crippen MR) is 77.7 cm³/mol. The third kappa shape index (κ3) is 3.69. The molecule has 0 aliphatic carbocycles. The van der Waals surface area contributed by atoms with Crippen LogP contribution in [0.5, 0.6) is 0 Å². The Balaban J connectivity index is 2.22. The summed E-state index contributed by atoms with van der Waals surface area (Å²) in [4.78, 5) is 18.7. The largest absolute Gasteiger partial charge is 0.339 e. The van der Waals surface area contributed by atoms with Gasteiger partial charge in [-0.1, -0.05) is 38.3 Å². The van der Waals surface area contributed by atoms with Crippen LogP contribution in [0.3, 0.4) is 0 Å². The molecule has 1 fully saturated rings. The third-order valence-corrected chi connectivity index (χ3v) is 3.74. The maximum Gasteiger partial charge on any atom is 0.254 e. The molecule has 1 aromatic rings. The Morgan fingerprint density at radius 1 is 1.21 bits per heavy atom. The lowest BCUT2D eigenvalue weighted by Gasteiger charge is -2.21. The first-order chi connectivity index (χ1) is 9.08. The van der Waals surface area contributed by atoms with Crippen LogP contribution in [0, 0.1) is 0 Å². The van der Waals surface area contributed by atoms with E-state index < -0.39 is 0 Å². The van der Waals surface area contributed by atoms with E-state index in [0.717, 1.165) is 31.6 Å². The van der Waals surface area contributed by atoms with E-state index in [4.69, 9.17) is 11.6 Å². The lowest BCUT2D eigenvalue weighted by atomic mass is 10.1. The fourth-order valence-corrected chi connectivity index (χ4v) is 2.61. The molecule has 1 aromatic heterocycles. The highest BCUT2D eigenvalue weighted by atomic mass is 35.5. The van der Waals surface area contributed by atoms with Gasteiger partial charge in [-0.25, -0.2) is 4.98 Å². The van der Waals surface area contributed by atoms with Crippen LogP contribution in [0.1, 0.15) is 61.5 Å². The van der Waals surface area contributed by atoms with Crippen molar-refractivity contribution in [2.24, 2.45) is 0 Å². The number of carbonyl (C=O) groups is 1. The highest BCUT2D eigenvalue weighted by Crippen LogP contribution is 2.20. The maximum atomic E-state index is 12.5. The molecule has 0 bridgehead atoms. The third-order valence-electron chi connectivity index (χ3n) is 3.55. The fraction of sp³-hybridized carbons (Fsp3) is 0.600. The summed E-state index contributed by atoms with van der Waals surface area (Å²) in [7, 11) is 0. The molecule has 3 nitrogen and oxygen atoms in total. The van der Waals surface area contributed by atoms with Crippen molar-refractivity contribution < 1.29 is 4.79 Å². The summed E-state index contributed by atoms with van der Waals surface area (Å²) < 4.78 is 0. The zero-order valence-corrected chi connectivity index (χ0v) is 12.4. The van der Waals surface area contributed by atoms with E-state index in [9.17, 15) is 4.79 Å². The first-order valence-corrected chi connectivity index (χ1v) is 7.42. The van der Waals surface area contributed by atoms with Crippen molar-refractivity contribution in [2.75, 3.05) is 13.1 Å². The molecule has 0 aromatic carbocycles. The average molecular weight is 281 g/mol. The number of hydrogen-bond donors (Lipinski definition) is 0. The second-order valence-corrected chi connectivity index (χ2v) is 5.85. The van der Waals surface area contributed by atoms with Crippen molar-refractivity contribution in [3.63, 3.8) is 0 Å². The summed E-state index contributed by atoms with van der Waals surface area (Å²) in [6.07, 6.45) is 4.64. The van der Waals surface area contributed by atoms with Gasteiger partial charge in [0.25, 0.3) is 5.91 Å². The monoisotopic (exact) mass is 280 g/mol. The predicted octanol–water partition coefficient (Wildman–Crippen LogP) is 3.87. The zero-order valence-electron chi connectivity index (χ0n) is 11.7. The zero-order chi connectivity index (χ0) is 13.8. The van der Waals surface area contributed by atoms with Gasteiger partial charge in [-0.3, -0.25) is 4.79 Å². The summed E-state index contributed by atoms with van der Waals surface area (Å²) in [5.41, 5.74) is 1.55. The summed E-state index contributed by atoms with van der Waals surface area (Å²) in [6, 6.07) is 3.56. The van der Waals surface area contributed by atoms with E-state index in [-0.39, 0.29) is 11.8 Å². The van der Waals surface area contributed by atoms with Gasteiger partial charge < -0.3 is 4.90 Å². The molecule has 19 heavy (non-hydrogen) atoms. The summed E-state index contributed by atoms with van der Waals surface area (Å²) in [5, 5.41) is 0.407.